The van der Waals surface area contributed by atoms with E-state index < -0.39 is 125 Å². The van der Waals surface area contributed by atoms with Crippen molar-refractivity contribution < 1.29 is 79.6 Å². The molecule has 1 aliphatic carbocycles. The summed E-state index contributed by atoms with van der Waals surface area (Å²) in [5.74, 6) is -4.76. The van der Waals surface area contributed by atoms with Gasteiger partial charge in [-0.2, -0.15) is 0 Å². The minimum absolute atomic E-state index is 0.310. The van der Waals surface area contributed by atoms with Crippen LogP contribution >= 0.6 is 0 Å². The van der Waals surface area contributed by atoms with Gasteiger partial charge in [0.25, 0.3) is 0 Å². The van der Waals surface area contributed by atoms with E-state index in [1.807, 2.05) is 0 Å². The molecule has 0 amide bonds. The Hall–Kier alpha value is -3.42. The molecule has 5 rings (SSSR count). The Balaban J connectivity index is 1.42. The molecule has 2 heterocycles. The lowest BCUT2D eigenvalue weighted by Gasteiger charge is -2.41. The summed E-state index contributed by atoms with van der Waals surface area (Å²) in [7, 11) is 0. The summed E-state index contributed by atoms with van der Waals surface area (Å²) in [4.78, 5) is 26.4. The second kappa shape index (κ2) is 11.3. The quantitative estimate of drug-likeness (QED) is 0.125. The van der Waals surface area contributed by atoms with Gasteiger partial charge in [-0.1, -0.05) is 0 Å². The molecule has 2 aliphatic heterocycles. The van der Waals surface area contributed by atoms with E-state index in [9.17, 15) is 60.7 Å². The lowest BCUT2D eigenvalue weighted by molar-refractivity contribution is -0.307. The molecule has 2 aromatic carbocycles. The highest BCUT2D eigenvalue weighted by Gasteiger charge is 2.47. The molecule has 0 unspecified atom stereocenters. The Kier molecular flexibility index (Phi) is 8.12. The topological polar surface area (TPSA) is 273 Å². The van der Waals surface area contributed by atoms with Crippen LogP contribution in [0.3, 0.4) is 0 Å². The highest BCUT2D eigenvalue weighted by atomic mass is 16.7. The maximum absolute atomic E-state index is 13.3. The molecule has 10 N–H and O–H groups in total. The number of aromatic hydroxyl groups is 3. The highest BCUT2D eigenvalue weighted by molar-refractivity contribution is 6.30. The number of benzene rings is 2. The number of aliphatic hydroxyl groups is 7. The number of phenols is 3. The van der Waals surface area contributed by atoms with E-state index in [2.05, 4.69) is 0 Å². The van der Waals surface area contributed by atoms with E-state index in [1.54, 1.807) is 0 Å². The second-order valence-corrected chi connectivity index (χ2v) is 10.0. The van der Waals surface area contributed by atoms with Crippen molar-refractivity contribution in [1.29, 1.82) is 0 Å². The number of phenolic OH excluding ortho intramolecular Hbond substituents is 2. The first-order valence-corrected chi connectivity index (χ1v) is 12.6. The monoisotopic (exact) mass is 596 g/mol. The molecule has 16 nitrogen and oxygen atoms in total. The summed E-state index contributed by atoms with van der Waals surface area (Å²) >= 11 is 0. The zero-order valence-corrected chi connectivity index (χ0v) is 21.5. The van der Waals surface area contributed by atoms with Crippen LogP contribution in [0.15, 0.2) is 18.2 Å². The predicted molar refractivity (Wildman–Crippen MR) is 132 cm³/mol. The molecule has 228 valence electrons. The number of fused-ring (bicyclic) bond motifs is 2. The predicted octanol–water partition coefficient (Wildman–Crippen LogP) is -3.29. The summed E-state index contributed by atoms with van der Waals surface area (Å²) in [5, 5.41) is 102. The summed E-state index contributed by atoms with van der Waals surface area (Å²) in [6.45, 7) is -1.90. The molecular formula is C26H28O16. The van der Waals surface area contributed by atoms with Crippen molar-refractivity contribution in [2.75, 3.05) is 13.2 Å². The van der Waals surface area contributed by atoms with Crippen LogP contribution in [0.4, 0.5) is 0 Å². The average molecular weight is 596 g/mol. The molecule has 16 heteroatoms. The fourth-order valence-corrected chi connectivity index (χ4v) is 5.01. The molecule has 0 saturated carbocycles. The molecule has 2 fully saturated rings. The van der Waals surface area contributed by atoms with Crippen LogP contribution in [0.25, 0.3) is 0 Å². The van der Waals surface area contributed by atoms with E-state index >= 15 is 0 Å². The normalized spacial score (nSPS) is 32.8. The van der Waals surface area contributed by atoms with Gasteiger partial charge in [-0.3, -0.25) is 9.59 Å². The maximum atomic E-state index is 13.3. The summed E-state index contributed by atoms with van der Waals surface area (Å²) in [5.41, 5.74) is -2.25. The molecule has 9 atom stereocenters. The van der Waals surface area contributed by atoms with E-state index in [1.165, 1.54) is 0 Å². The smallest absolute Gasteiger partial charge is 0.229 e. The molecule has 0 radical (unpaired) electrons. The van der Waals surface area contributed by atoms with E-state index in [0.717, 1.165) is 18.2 Å². The summed E-state index contributed by atoms with van der Waals surface area (Å²) in [6.07, 6.45) is -15.0. The van der Waals surface area contributed by atoms with Gasteiger partial charge in [0.15, 0.2) is 29.4 Å². The first-order valence-electron chi connectivity index (χ1n) is 12.6. The van der Waals surface area contributed by atoms with Crippen LogP contribution in [-0.2, 0) is 20.8 Å². The van der Waals surface area contributed by atoms with Crippen molar-refractivity contribution >= 4 is 11.6 Å². The van der Waals surface area contributed by atoms with Crippen LogP contribution in [0, 0.1) is 0 Å². The number of hydrogen-bond donors (Lipinski definition) is 10. The number of aliphatic hydroxyl groups excluding tert-OH is 7. The van der Waals surface area contributed by atoms with Crippen molar-refractivity contribution in [3.63, 3.8) is 0 Å². The van der Waals surface area contributed by atoms with Crippen molar-refractivity contribution in [2.45, 2.75) is 61.9 Å². The van der Waals surface area contributed by atoms with Crippen LogP contribution in [0.1, 0.15) is 37.4 Å². The molecule has 2 saturated heterocycles. The number of rotatable bonds is 6. The Morgan fingerprint density at radius 1 is 0.786 bits per heavy atom. The van der Waals surface area contributed by atoms with Crippen LogP contribution in [0.2, 0.25) is 0 Å². The first kappa shape index (κ1) is 30.1. The van der Waals surface area contributed by atoms with Gasteiger partial charge < -0.3 is 70.0 Å². The number of ketones is 2. The van der Waals surface area contributed by atoms with Crippen LogP contribution < -0.4 is 4.74 Å². The zero-order valence-electron chi connectivity index (χ0n) is 21.5. The number of carbonyl (C=O) groups excluding carboxylic acids is 2. The molecule has 0 spiro atoms. The van der Waals surface area contributed by atoms with Crippen LogP contribution in [0.5, 0.6) is 23.0 Å². The fourth-order valence-electron chi connectivity index (χ4n) is 5.01. The molecule has 0 bridgehead atoms. The van der Waals surface area contributed by atoms with E-state index in [-0.39, 0.29) is 12.2 Å². The van der Waals surface area contributed by atoms with Gasteiger partial charge >= 0.3 is 0 Å². The standard InChI is InChI=1S/C26H28O16/c27-4-9-12(3-8-15(18(9)32)16(30)7-1-2-10(28)19(33)14(7)17(8)31)41-26-24(38)22(36)21(35)13(42-26)6-40-25-23(37)20(34)11(29)5-39-25/h1-3,11,13,20-29,32-38H,4-6H2/t11-,13-,20+,21-,22+,23-,24-,25+,26-/m1/s1. The average Bonchev–Trinajstić information content (AvgIpc) is 2.96. The summed E-state index contributed by atoms with van der Waals surface area (Å²) < 4.78 is 21.6. The largest absolute Gasteiger partial charge is 0.507 e. The third-order valence-electron chi connectivity index (χ3n) is 7.41. The molecule has 2 aromatic rings. The van der Waals surface area contributed by atoms with Crippen molar-refractivity contribution in [3.05, 3.63) is 46.0 Å². The van der Waals surface area contributed by atoms with Crippen LogP contribution in [-0.4, -0.2) is 131 Å². The Morgan fingerprint density at radius 3 is 2.12 bits per heavy atom. The number of hydrogen-bond acceptors (Lipinski definition) is 16. The second-order valence-electron chi connectivity index (χ2n) is 10.0. The lowest BCUT2D eigenvalue weighted by Crippen LogP contribution is -2.61. The number of ether oxygens (including phenoxy) is 4. The summed E-state index contributed by atoms with van der Waals surface area (Å²) in [6, 6.07) is 3.00. The minimum atomic E-state index is -1.94. The van der Waals surface area contributed by atoms with Gasteiger partial charge in [0.1, 0.15) is 54.2 Å². The van der Waals surface area contributed by atoms with Crippen molar-refractivity contribution in [3.8, 4) is 23.0 Å². The fraction of sp³-hybridized carbons (Fsp3) is 0.462. The van der Waals surface area contributed by atoms with Crippen molar-refractivity contribution in [1.82, 2.24) is 0 Å². The zero-order chi connectivity index (χ0) is 30.6. The van der Waals surface area contributed by atoms with Gasteiger partial charge in [0.05, 0.1) is 36.5 Å². The van der Waals surface area contributed by atoms with Gasteiger partial charge in [0.2, 0.25) is 6.29 Å². The third kappa shape index (κ3) is 4.86. The first-order chi connectivity index (χ1) is 19.9. The molecule has 3 aliphatic rings. The van der Waals surface area contributed by atoms with Gasteiger partial charge in [-0.25, -0.2) is 0 Å². The van der Waals surface area contributed by atoms with Gasteiger partial charge in [-0.05, 0) is 18.2 Å². The molecule has 42 heavy (non-hydrogen) atoms. The van der Waals surface area contributed by atoms with Gasteiger partial charge in [0, 0.05) is 11.1 Å². The third-order valence-corrected chi connectivity index (χ3v) is 7.41. The Labute approximate surface area is 235 Å². The minimum Gasteiger partial charge on any atom is -0.507 e. The van der Waals surface area contributed by atoms with Gasteiger partial charge in [-0.15, -0.1) is 0 Å². The lowest BCUT2D eigenvalue weighted by atomic mass is 9.81. The Morgan fingerprint density at radius 2 is 1.43 bits per heavy atom. The SMILES string of the molecule is O=C1c2cc(O[C@@H]3O[C@H](CO[C@@H]4OC[C@@H](O)[C@H](O)[C@H]4O)[C@@H](O)[C@H](O)[C@H]3O)c(CO)c(O)c2C(=O)c2ccc(O)c(O)c21. The highest BCUT2D eigenvalue weighted by Crippen LogP contribution is 2.44. The molecule has 0 aromatic heterocycles. The van der Waals surface area contributed by atoms with E-state index in [0.29, 0.717) is 0 Å². The van der Waals surface area contributed by atoms with E-state index in [4.69, 9.17) is 18.9 Å². The number of carbonyl (C=O) groups is 2. The maximum Gasteiger partial charge on any atom is 0.229 e. The van der Waals surface area contributed by atoms with Crippen molar-refractivity contribution in [2.24, 2.45) is 0 Å². The molecular weight excluding hydrogens is 568 g/mol. The Bertz CT molecular complexity index is 1390.